The summed E-state index contributed by atoms with van der Waals surface area (Å²) in [7, 11) is 0. The highest BCUT2D eigenvalue weighted by Gasteiger charge is 2.01. The van der Waals surface area contributed by atoms with Crippen LogP contribution in [0.3, 0.4) is 0 Å². The zero-order chi connectivity index (χ0) is 10.4. The van der Waals surface area contributed by atoms with Crippen LogP contribution in [0.2, 0.25) is 0 Å². The van der Waals surface area contributed by atoms with Gasteiger partial charge in [-0.2, -0.15) is 0 Å². The summed E-state index contributed by atoms with van der Waals surface area (Å²) in [5.41, 5.74) is 0. The van der Waals surface area contributed by atoms with Crippen molar-refractivity contribution in [2.75, 3.05) is 12.5 Å². The zero-order valence-electron chi connectivity index (χ0n) is 7.60. The maximum absolute atomic E-state index is 12.7. The van der Waals surface area contributed by atoms with Gasteiger partial charge >= 0.3 is 0 Å². The molecular weight excluding hydrogens is 270 g/mol. The average Bonchev–Trinajstić information content (AvgIpc) is 2.15. The fraction of sp³-hybridized carbons (Fsp3) is 0.400. The molecule has 1 aromatic carbocycles. The molecule has 0 atom stereocenters. The lowest BCUT2D eigenvalue weighted by Gasteiger charge is -2.07. The van der Waals surface area contributed by atoms with Crippen molar-refractivity contribution in [2.45, 2.75) is 12.8 Å². The number of alkyl halides is 1. The Kier molecular flexibility index (Phi) is 5.26. The van der Waals surface area contributed by atoms with Crippen LogP contribution in [0.4, 0.5) is 4.39 Å². The van der Waals surface area contributed by atoms with Crippen molar-refractivity contribution in [2.24, 2.45) is 0 Å². The molecule has 1 aromatic rings. The van der Waals surface area contributed by atoms with E-state index in [-0.39, 0.29) is 5.82 Å². The quantitative estimate of drug-likeness (QED) is 0.586. The van der Waals surface area contributed by atoms with E-state index in [1.807, 2.05) is 0 Å². The Morgan fingerprint density at radius 2 is 2.14 bits per heavy atom. The Morgan fingerprint density at radius 3 is 2.79 bits per heavy atom. The van der Waals surface area contributed by atoms with Gasteiger partial charge in [-0.05, 0) is 47.0 Å². The molecule has 0 saturated heterocycles. The van der Waals surface area contributed by atoms with E-state index in [1.165, 1.54) is 12.1 Å². The number of ether oxygens (including phenoxy) is 1. The fourth-order valence-corrected chi connectivity index (χ4v) is 1.63. The van der Waals surface area contributed by atoms with Crippen LogP contribution in [0, 0.1) is 5.82 Å². The summed E-state index contributed by atoms with van der Waals surface area (Å²) >= 11 is 8.75. The fourth-order valence-electron chi connectivity index (χ4n) is 0.971. The standard InChI is InChI=1S/C10H11BrClFO/c11-9-7-8(13)3-4-10(9)14-6-2-1-5-12/h3-4,7H,1-2,5-6H2. The predicted octanol–water partition coefficient (Wildman–Crippen LogP) is 3.99. The van der Waals surface area contributed by atoms with Crippen LogP contribution in [-0.2, 0) is 0 Å². The molecule has 0 heterocycles. The molecule has 0 bridgehead atoms. The molecule has 0 aliphatic rings. The smallest absolute Gasteiger partial charge is 0.133 e. The summed E-state index contributed by atoms with van der Waals surface area (Å²) < 4.78 is 18.8. The summed E-state index contributed by atoms with van der Waals surface area (Å²) in [6.07, 6.45) is 1.84. The van der Waals surface area contributed by atoms with E-state index in [0.717, 1.165) is 12.8 Å². The zero-order valence-corrected chi connectivity index (χ0v) is 9.94. The summed E-state index contributed by atoms with van der Waals surface area (Å²) in [5, 5.41) is 0. The molecule has 0 aromatic heterocycles. The topological polar surface area (TPSA) is 9.23 Å². The van der Waals surface area contributed by atoms with Gasteiger partial charge in [0.05, 0.1) is 11.1 Å². The highest BCUT2D eigenvalue weighted by Crippen LogP contribution is 2.25. The maximum atomic E-state index is 12.7. The van der Waals surface area contributed by atoms with Crippen LogP contribution in [0.1, 0.15) is 12.8 Å². The average molecular weight is 282 g/mol. The second-order valence-corrected chi connectivity index (χ2v) is 4.05. The summed E-state index contributed by atoms with van der Waals surface area (Å²) in [6, 6.07) is 4.37. The Balaban J connectivity index is 2.42. The molecule has 14 heavy (non-hydrogen) atoms. The Hall–Kier alpha value is -0.280. The number of hydrogen-bond acceptors (Lipinski definition) is 1. The Labute approximate surface area is 96.3 Å². The van der Waals surface area contributed by atoms with Crippen LogP contribution in [-0.4, -0.2) is 12.5 Å². The molecule has 0 unspecified atom stereocenters. The first kappa shape index (κ1) is 11.8. The van der Waals surface area contributed by atoms with Crippen LogP contribution < -0.4 is 4.74 Å². The molecule has 0 radical (unpaired) electrons. The van der Waals surface area contributed by atoms with E-state index >= 15 is 0 Å². The van der Waals surface area contributed by atoms with Crippen molar-refractivity contribution in [1.29, 1.82) is 0 Å². The minimum absolute atomic E-state index is 0.273. The molecule has 78 valence electrons. The van der Waals surface area contributed by atoms with Crippen molar-refractivity contribution in [1.82, 2.24) is 0 Å². The molecule has 0 saturated carbocycles. The molecular formula is C10H11BrClFO. The van der Waals surface area contributed by atoms with Gasteiger partial charge < -0.3 is 4.74 Å². The highest BCUT2D eigenvalue weighted by molar-refractivity contribution is 9.10. The monoisotopic (exact) mass is 280 g/mol. The second-order valence-electron chi connectivity index (χ2n) is 2.82. The summed E-state index contributed by atoms with van der Waals surface area (Å²) in [4.78, 5) is 0. The van der Waals surface area contributed by atoms with Crippen molar-refractivity contribution < 1.29 is 9.13 Å². The molecule has 0 N–H and O–H groups in total. The van der Waals surface area contributed by atoms with Gasteiger partial charge in [-0.15, -0.1) is 11.6 Å². The van der Waals surface area contributed by atoms with Gasteiger partial charge in [0.25, 0.3) is 0 Å². The molecule has 0 fully saturated rings. The van der Waals surface area contributed by atoms with Gasteiger partial charge in [0.2, 0.25) is 0 Å². The number of rotatable bonds is 5. The third-order valence-electron chi connectivity index (χ3n) is 1.68. The van der Waals surface area contributed by atoms with E-state index in [0.29, 0.717) is 22.7 Å². The van der Waals surface area contributed by atoms with Crippen molar-refractivity contribution in [3.05, 3.63) is 28.5 Å². The van der Waals surface area contributed by atoms with E-state index in [2.05, 4.69) is 15.9 Å². The van der Waals surface area contributed by atoms with Crippen LogP contribution in [0.5, 0.6) is 5.75 Å². The highest BCUT2D eigenvalue weighted by atomic mass is 79.9. The van der Waals surface area contributed by atoms with E-state index in [4.69, 9.17) is 16.3 Å². The van der Waals surface area contributed by atoms with Gasteiger partial charge in [0.15, 0.2) is 0 Å². The Bertz CT molecular complexity index is 293. The van der Waals surface area contributed by atoms with Gasteiger partial charge in [-0.3, -0.25) is 0 Å². The van der Waals surface area contributed by atoms with Crippen LogP contribution in [0.15, 0.2) is 22.7 Å². The Morgan fingerprint density at radius 1 is 1.36 bits per heavy atom. The number of unbranched alkanes of at least 4 members (excludes halogenated alkanes) is 1. The van der Waals surface area contributed by atoms with E-state index in [1.54, 1.807) is 6.07 Å². The minimum Gasteiger partial charge on any atom is -0.492 e. The number of benzene rings is 1. The molecule has 0 amide bonds. The summed E-state index contributed by atoms with van der Waals surface area (Å²) in [6.45, 7) is 0.608. The molecule has 0 aliphatic carbocycles. The normalized spacial score (nSPS) is 10.2. The third-order valence-corrected chi connectivity index (χ3v) is 2.57. The molecule has 1 rings (SSSR count). The predicted molar refractivity (Wildman–Crippen MR) is 59.5 cm³/mol. The lowest BCUT2D eigenvalue weighted by Crippen LogP contribution is -1.98. The van der Waals surface area contributed by atoms with Crippen LogP contribution in [0.25, 0.3) is 0 Å². The first-order valence-electron chi connectivity index (χ1n) is 4.38. The van der Waals surface area contributed by atoms with Gasteiger partial charge in [0, 0.05) is 5.88 Å². The molecule has 4 heteroatoms. The number of halogens is 3. The van der Waals surface area contributed by atoms with E-state index in [9.17, 15) is 4.39 Å². The van der Waals surface area contributed by atoms with Crippen molar-refractivity contribution >= 4 is 27.5 Å². The third kappa shape index (κ3) is 3.84. The molecule has 1 nitrogen and oxygen atoms in total. The molecule has 0 aliphatic heterocycles. The molecule has 0 spiro atoms. The van der Waals surface area contributed by atoms with Crippen LogP contribution >= 0.6 is 27.5 Å². The van der Waals surface area contributed by atoms with Gasteiger partial charge in [0.1, 0.15) is 11.6 Å². The maximum Gasteiger partial charge on any atom is 0.133 e. The minimum atomic E-state index is -0.273. The van der Waals surface area contributed by atoms with Gasteiger partial charge in [-0.1, -0.05) is 0 Å². The number of hydrogen-bond donors (Lipinski definition) is 0. The van der Waals surface area contributed by atoms with E-state index < -0.39 is 0 Å². The summed E-state index contributed by atoms with van der Waals surface area (Å²) in [5.74, 6) is 1.04. The second kappa shape index (κ2) is 6.25. The van der Waals surface area contributed by atoms with Crippen molar-refractivity contribution in [3.63, 3.8) is 0 Å². The first-order chi connectivity index (χ1) is 6.74. The van der Waals surface area contributed by atoms with Crippen molar-refractivity contribution in [3.8, 4) is 5.75 Å². The largest absolute Gasteiger partial charge is 0.492 e. The van der Waals surface area contributed by atoms with Gasteiger partial charge in [-0.25, -0.2) is 4.39 Å². The lowest BCUT2D eigenvalue weighted by molar-refractivity contribution is 0.307. The lowest BCUT2D eigenvalue weighted by atomic mass is 10.3. The first-order valence-corrected chi connectivity index (χ1v) is 5.70. The SMILES string of the molecule is Fc1ccc(OCCCCCl)c(Br)c1.